The fraction of sp³-hybridized carbons (Fsp3) is 0.583. The molecule has 1 aromatic heterocycles. The smallest absolute Gasteiger partial charge is 0.276 e. The second-order valence-electron chi connectivity index (χ2n) is 4.55. The second kappa shape index (κ2) is 5.83. The van der Waals surface area contributed by atoms with Crippen molar-refractivity contribution in [3.63, 3.8) is 0 Å². The maximum atomic E-state index is 10.9. The Balaban J connectivity index is 2.08. The van der Waals surface area contributed by atoms with Crippen LogP contribution in [-0.2, 0) is 4.74 Å². The summed E-state index contributed by atoms with van der Waals surface area (Å²) in [5.74, 6) is 1.05. The Morgan fingerprint density at radius 1 is 1.47 bits per heavy atom. The zero-order chi connectivity index (χ0) is 13.8. The molecule has 0 unspecified atom stereocenters. The predicted molar refractivity (Wildman–Crippen MR) is 72.5 cm³/mol. The van der Waals surface area contributed by atoms with E-state index in [1.54, 1.807) is 7.11 Å². The number of rotatable bonds is 6. The summed E-state index contributed by atoms with van der Waals surface area (Å²) in [5.41, 5.74) is 0.0380. The van der Waals surface area contributed by atoms with Crippen LogP contribution < -0.4 is 10.6 Å². The molecule has 2 rings (SSSR count). The Hall–Kier alpha value is -1.89. The van der Waals surface area contributed by atoms with Gasteiger partial charge in [0.15, 0.2) is 0 Å². The molecule has 1 saturated carbocycles. The Kier molecular flexibility index (Phi) is 4.16. The summed E-state index contributed by atoms with van der Waals surface area (Å²) in [6.07, 6.45) is 2.08. The third-order valence-corrected chi connectivity index (χ3v) is 3.16. The zero-order valence-corrected chi connectivity index (χ0v) is 11.0. The van der Waals surface area contributed by atoms with E-state index < -0.39 is 4.92 Å². The van der Waals surface area contributed by atoms with Crippen LogP contribution in [0.2, 0.25) is 0 Å². The number of nitrogens with zero attached hydrogens (tertiary/aromatic N) is 2. The van der Waals surface area contributed by atoms with Crippen LogP contribution in [0.5, 0.6) is 0 Å². The van der Waals surface area contributed by atoms with Crippen LogP contribution >= 0.6 is 0 Å². The largest absolute Gasteiger partial charge is 0.381 e. The van der Waals surface area contributed by atoms with Gasteiger partial charge in [-0.1, -0.05) is 0 Å². The van der Waals surface area contributed by atoms with Crippen molar-refractivity contribution in [2.24, 2.45) is 0 Å². The summed E-state index contributed by atoms with van der Waals surface area (Å²) >= 11 is 0. The molecule has 1 aliphatic carbocycles. The van der Waals surface area contributed by atoms with Gasteiger partial charge in [0.1, 0.15) is 11.6 Å². The third-order valence-electron chi connectivity index (χ3n) is 3.16. The van der Waals surface area contributed by atoms with Gasteiger partial charge in [0.05, 0.1) is 23.2 Å². The van der Waals surface area contributed by atoms with Gasteiger partial charge < -0.3 is 15.4 Å². The Morgan fingerprint density at radius 2 is 2.16 bits per heavy atom. The summed E-state index contributed by atoms with van der Waals surface area (Å²) < 4.78 is 5.20. The molecule has 7 heteroatoms. The molecule has 1 aromatic rings. The number of aromatic nitrogens is 1. The number of anilines is 2. The summed E-state index contributed by atoms with van der Waals surface area (Å²) in [7, 11) is 1.69. The predicted octanol–water partition coefficient (Wildman–Crippen LogP) is 2.01. The zero-order valence-electron chi connectivity index (χ0n) is 11.0. The first-order valence-corrected chi connectivity index (χ1v) is 6.32. The number of hydrogen-bond acceptors (Lipinski definition) is 6. The normalized spacial score (nSPS) is 21.6. The first kappa shape index (κ1) is 13.5. The van der Waals surface area contributed by atoms with Gasteiger partial charge in [-0.2, -0.15) is 0 Å². The highest BCUT2D eigenvalue weighted by molar-refractivity contribution is 5.55. The fourth-order valence-electron chi connectivity index (χ4n) is 2.05. The average molecular weight is 266 g/mol. The molecular weight excluding hydrogens is 248 g/mol. The highest BCUT2D eigenvalue weighted by Crippen LogP contribution is 2.28. The molecule has 19 heavy (non-hydrogen) atoms. The van der Waals surface area contributed by atoms with Crippen molar-refractivity contribution >= 4 is 17.3 Å². The van der Waals surface area contributed by atoms with Gasteiger partial charge in [-0.15, -0.1) is 0 Å². The fourth-order valence-corrected chi connectivity index (χ4v) is 2.05. The van der Waals surface area contributed by atoms with Crippen molar-refractivity contribution < 1.29 is 9.66 Å². The maximum absolute atomic E-state index is 10.9. The number of pyridine rings is 1. The number of methoxy groups -OCH3 is 1. The number of nitrogens with one attached hydrogen (secondary N) is 2. The molecule has 1 heterocycles. The monoisotopic (exact) mass is 266 g/mol. The van der Waals surface area contributed by atoms with Crippen LogP contribution in [0.1, 0.15) is 19.8 Å². The van der Waals surface area contributed by atoms with Gasteiger partial charge >= 0.3 is 0 Å². The molecule has 2 N–H and O–H groups in total. The molecule has 104 valence electrons. The van der Waals surface area contributed by atoms with E-state index in [-0.39, 0.29) is 17.8 Å². The highest BCUT2D eigenvalue weighted by atomic mass is 16.6. The van der Waals surface area contributed by atoms with Gasteiger partial charge in [0, 0.05) is 19.7 Å². The highest BCUT2D eigenvalue weighted by Gasteiger charge is 2.29. The van der Waals surface area contributed by atoms with Gasteiger partial charge in [0.25, 0.3) is 5.69 Å². The minimum atomic E-state index is -0.410. The van der Waals surface area contributed by atoms with Crippen LogP contribution in [0, 0.1) is 10.1 Å². The van der Waals surface area contributed by atoms with Crippen molar-refractivity contribution in [3.05, 3.63) is 22.2 Å². The molecule has 0 spiro atoms. The third kappa shape index (κ3) is 3.31. The average Bonchev–Trinajstić information content (AvgIpc) is 2.33. The van der Waals surface area contributed by atoms with E-state index in [4.69, 9.17) is 4.74 Å². The van der Waals surface area contributed by atoms with E-state index in [9.17, 15) is 10.1 Å². The van der Waals surface area contributed by atoms with E-state index in [1.807, 2.05) is 6.92 Å². The van der Waals surface area contributed by atoms with E-state index in [1.165, 1.54) is 12.1 Å². The SMILES string of the molecule is CCNc1cc([N+](=O)[O-])cc(NC2CC(OC)C2)n1. The Bertz CT molecular complexity index is 460. The summed E-state index contributed by atoms with van der Waals surface area (Å²) in [5, 5.41) is 17.1. The lowest BCUT2D eigenvalue weighted by Crippen LogP contribution is -2.40. The van der Waals surface area contributed by atoms with Gasteiger partial charge in [-0.3, -0.25) is 10.1 Å². The minimum Gasteiger partial charge on any atom is -0.381 e. The van der Waals surface area contributed by atoms with E-state index >= 15 is 0 Å². The first-order valence-electron chi connectivity index (χ1n) is 6.32. The molecule has 0 aliphatic heterocycles. The van der Waals surface area contributed by atoms with Crippen LogP contribution in [-0.4, -0.2) is 35.7 Å². The summed E-state index contributed by atoms with van der Waals surface area (Å²) in [6.45, 7) is 2.59. The Labute approximate surface area is 111 Å². The molecule has 0 radical (unpaired) electrons. The first-order chi connectivity index (χ1) is 9.12. The second-order valence-corrected chi connectivity index (χ2v) is 4.55. The molecular formula is C12H18N4O3. The lowest BCUT2D eigenvalue weighted by atomic mass is 9.89. The van der Waals surface area contributed by atoms with Crippen LogP contribution in [0.15, 0.2) is 12.1 Å². The number of ether oxygens (including phenoxy) is 1. The number of hydrogen-bond donors (Lipinski definition) is 2. The van der Waals surface area contributed by atoms with Crippen LogP contribution in [0.3, 0.4) is 0 Å². The topological polar surface area (TPSA) is 89.3 Å². The summed E-state index contributed by atoms with van der Waals surface area (Å²) in [4.78, 5) is 14.8. The standard InChI is InChI=1S/C12H18N4O3/c1-3-13-11-6-9(16(17)18)7-12(15-11)14-8-4-10(5-8)19-2/h6-8,10H,3-5H2,1-2H3,(H2,13,14,15). The molecule has 0 saturated heterocycles. The van der Waals surface area contributed by atoms with Crippen molar-refractivity contribution in [2.75, 3.05) is 24.3 Å². The quantitative estimate of drug-likeness (QED) is 0.604. The molecule has 1 fully saturated rings. The molecule has 0 aromatic carbocycles. The molecule has 7 nitrogen and oxygen atoms in total. The minimum absolute atomic E-state index is 0.0380. The van der Waals surface area contributed by atoms with Gasteiger partial charge in [0.2, 0.25) is 0 Å². The Morgan fingerprint density at radius 3 is 2.74 bits per heavy atom. The van der Waals surface area contributed by atoms with E-state index in [0.717, 1.165) is 12.8 Å². The van der Waals surface area contributed by atoms with E-state index in [2.05, 4.69) is 15.6 Å². The lowest BCUT2D eigenvalue weighted by molar-refractivity contribution is -0.384. The van der Waals surface area contributed by atoms with Crippen molar-refractivity contribution in [1.29, 1.82) is 0 Å². The summed E-state index contributed by atoms with van der Waals surface area (Å²) in [6, 6.07) is 3.17. The molecule has 0 atom stereocenters. The van der Waals surface area contributed by atoms with E-state index in [0.29, 0.717) is 18.2 Å². The van der Waals surface area contributed by atoms with Crippen LogP contribution in [0.4, 0.5) is 17.3 Å². The molecule has 0 amide bonds. The van der Waals surface area contributed by atoms with Crippen molar-refractivity contribution in [3.8, 4) is 0 Å². The molecule has 1 aliphatic rings. The van der Waals surface area contributed by atoms with Crippen molar-refractivity contribution in [1.82, 2.24) is 4.98 Å². The van der Waals surface area contributed by atoms with Crippen LogP contribution in [0.25, 0.3) is 0 Å². The maximum Gasteiger partial charge on any atom is 0.276 e. The van der Waals surface area contributed by atoms with Gasteiger partial charge in [-0.05, 0) is 19.8 Å². The van der Waals surface area contributed by atoms with Gasteiger partial charge in [-0.25, -0.2) is 4.98 Å². The lowest BCUT2D eigenvalue weighted by Gasteiger charge is -2.34. The number of nitro groups is 1. The van der Waals surface area contributed by atoms with Crippen molar-refractivity contribution in [2.45, 2.75) is 31.9 Å². The molecule has 0 bridgehead atoms.